The molecule has 1 aromatic heterocycles. The van der Waals surface area contributed by atoms with Crippen LogP contribution in [0.5, 0.6) is 0 Å². The van der Waals surface area contributed by atoms with E-state index in [0.717, 1.165) is 29.9 Å². The number of aromatic nitrogens is 2. The Balaban J connectivity index is 1.29. The van der Waals surface area contributed by atoms with Gasteiger partial charge >= 0.3 is 6.03 Å². The molecule has 2 amide bonds. The van der Waals surface area contributed by atoms with E-state index in [9.17, 15) is 9.90 Å². The van der Waals surface area contributed by atoms with Crippen LogP contribution in [0.2, 0.25) is 0 Å². The number of aryl methyl sites for hydroxylation is 1. The van der Waals surface area contributed by atoms with E-state index < -0.39 is 6.10 Å². The zero-order valence-corrected chi connectivity index (χ0v) is 15.7. The van der Waals surface area contributed by atoms with Crippen LogP contribution in [0.1, 0.15) is 5.82 Å². The lowest BCUT2D eigenvalue weighted by atomic mass is 10.2. The van der Waals surface area contributed by atoms with Crippen molar-refractivity contribution in [3.63, 3.8) is 0 Å². The molecule has 0 spiro atoms. The number of para-hydroxylation sites is 2. The van der Waals surface area contributed by atoms with Crippen molar-refractivity contribution in [3.05, 3.63) is 30.1 Å². The summed E-state index contributed by atoms with van der Waals surface area (Å²) < 4.78 is 7.44. The molecular weight excluding hydrogens is 346 g/mol. The number of imidazole rings is 1. The van der Waals surface area contributed by atoms with Gasteiger partial charge in [-0.15, -0.1) is 0 Å². The molecule has 2 aromatic rings. The summed E-state index contributed by atoms with van der Waals surface area (Å²) in [5.74, 6) is 0.948. The van der Waals surface area contributed by atoms with Crippen LogP contribution in [-0.4, -0.2) is 88.6 Å². The molecular formula is C19H27N5O3. The molecule has 2 aliphatic rings. The summed E-state index contributed by atoms with van der Waals surface area (Å²) in [6.45, 7) is 4.44. The zero-order chi connectivity index (χ0) is 18.8. The fraction of sp³-hybridized carbons (Fsp3) is 0.579. The number of fused-ring (bicyclic) bond motifs is 1. The van der Waals surface area contributed by atoms with E-state index in [2.05, 4.69) is 19.8 Å². The number of ether oxygens (including phenoxy) is 1. The molecule has 2 N–H and O–H groups in total. The van der Waals surface area contributed by atoms with E-state index in [1.54, 1.807) is 4.90 Å². The quantitative estimate of drug-likeness (QED) is 0.800. The minimum Gasteiger partial charge on any atom is -0.390 e. The van der Waals surface area contributed by atoms with Crippen LogP contribution in [-0.2, 0) is 18.2 Å². The highest BCUT2D eigenvalue weighted by molar-refractivity contribution is 5.76. The summed E-state index contributed by atoms with van der Waals surface area (Å²) in [6, 6.07) is 7.89. The normalized spacial score (nSPS) is 23.9. The summed E-state index contributed by atoms with van der Waals surface area (Å²) in [7, 11) is 2.00. The van der Waals surface area contributed by atoms with Gasteiger partial charge in [0, 0.05) is 46.2 Å². The Morgan fingerprint density at radius 2 is 2.07 bits per heavy atom. The Morgan fingerprint density at radius 1 is 1.30 bits per heavy atom. The third kappa shape index (κ3) is 3.78. The third-order valence-corrected chi connectivity index (χ3v) is 5.57. The molecule has 2 saturated heterocycles. The first kappa shape index (κ1) is 18.2. The molecule has 8 nitrogen and oxygen atoms in total. The molecule has 0 unspecified atom stereocenters. The van der Waals surface area contributed by atoms with Gasteiger partial charge in [-0.1, -0.05) is 12.1 Å². The minimum atomic E-state index is -0.506. The Hall–Kier alpha value is -2.16. The number of rotatable bonds is 4. The van der Waals surface area contributed by atoms with Crippen molar-refractivity contribution < 1.29 is 14.6 Å². The Kier molecular flexibility index (Phi) is 5.29. The number of likely N-dealkylation sites (tertiary alicyclic amines) is 1. The summed E-state index contributed by atoms with van der Waals surface area (Å²) in [5.41, 5.74) is 2.06. The Labute approximate surface area is 158 Å². The van der Waals surface area contributed by atoms with Gasteiger partial charge in [-0.2, -0.15) is 0 Å². The van der Waals surface area contributed by atoms with Crippen molar-refractivity contribution in [2.24, 2.45) is 7.05 Å². The number of hydrogen-bond donors (Lipinski definition) is 2. The predicted molar refractivity (Wildman–Crippen MR) is 102 cm³/mol. The first-order valence-corrected chi connectivity index (χ1v) is 9.56. The van der Waals surface area contributed by atoms with Crippen molar-refractivity contribution in [2.45, 2.75) is 18.6 Å². The second-order valence-corrected chi connectivity index (χ2v) is 7.25. The van der Waals surface area contributed by atoms with E-state index >= 15 is 0 Å². The van der Waals surface area contributed by atoms with Crippen LogP contribution in [0.15, 0.2) is 24.3 Å². The third-order valence-electron chi connectivity index (χ3n) is 5.57. The molecule has 146 valence electrons. The lowest BCUT2D eigenvalue weighted by Gasteiger charge is -2.33. The molecule has 2 aliphatic heterocycles. The lowest BCUT2D eigenvalue weighted by Crippen LogP contribution is -2.49. The van der Waals surface area contributed by atoms with Crippen LogP contribution < -0.4 is 5.32 Å². The zero-order valence-electron chi connectivity index (χ0n) is 15.7. The SMILES string of the molecule is Cn1c(CCNC(=O)N2C[C@H](O)[C@@H](N3CCOCC3)C2)nc2ccccc21. The second kappa shape index (κ2) is 7.84. The van der Waals surface area contributed by atoms with Gasteiger partial charge in [0.1, 0.15) is 5.82 Å². The maximum atomic E-state index is 12.5. The number of β-amino-alcohol motifs (C(OH)–C–C–N with tert-alkyl or cyclic N) is 1. The number of nitrogens with zero attached hydrogens (tertiary/aromatic N) is 4. The average molecular weight is 373 g/mol. The highest BCUT2D eigenvalue weighted by Gasteiger charge is 2.38. The summed E-state index contributed by atoms with van der Waals surface area (Å²) in [5, 5.41) is 13.3. The van der Waals surface area contributed by atoms with Gasteiger partial charge in [0.05, 0.1) is 36.4 Å². The molecule has 0 aliphatic carbocycles. The molecule has 3 heterocycles. The molecule has 2 atom stereocenters. The van der Waals surface area contributed by atoms with E-state index in [-0.39, 0.29) is 12.1 Å². The van der Waals surface area contributed by atoms with Crippen molar-refractivity contribution in [1.29, 1.82) is 0 Å². The molecule has 8 heteroatoms. The van der Waals surface area contributed by atoms with E-state index in [4.69, 9.17) is 4.74 Å². The molecule has 1 aromatic carbocycles. The van der Waals surface area contributed by atoms with Crippen molar-refractivity contribution in [1.82, 2.24) is 24.7 Å². The molecule has 0 bridgehead atoms. The Morgan fingerprint density at radius 3 is 2.85 bits per heavy atom. The molecule has 0 saturated carbocycles. The number of benzene rings is 1. The van der Waals surface area contributed by atoms with E-state index in [1.165, 1.54) is 0 Å². The highest BCUT2D eigenvalue weighted by atomic mass is 16.5. The van der Waals surface area contributed by atoms with Gasteiger partial charge in [0.2, 0.25) is 0 Å². The van der Waals surface area contributed by atoms with Gasteiger partial charge in [-0.3, -0.25) is 4.90 Å². The standard InChI is InChI=1S/C19H27N5O3/c1-22-15-5-3-2-4-14(15)21-18(22)6-7-20-19(26)24-12-16(17(25)13-24)23-8-10-27-11-9-23/h2-5,16-17,25H,6-13H2,1H3,(H,20,26)/t16-,17-/m0/s1. The number of urea groups is 1. The topological polar surface area (TPSA) is 82.9 Å². The lowest BCUT2D eigenvalue weighted by molar-refractivity contribution is -0.00607. The van der Waals surface area contributed by atoms with Gasteiger partial charge < -0.3 is 24.6 Å². The fourth-order valence-corrected chi connectivity index (χ4v) is 4.02. The van der Waals surface area contributed by atoms with Crippen LogP contribution in [0, 0.1) is 0 Å². The van der Waals surface area contributed by atoms with E-state index in [0.29, 0.717) is 39.3 Å². The van der Waals surface area contributed by atoms with Crippen molar-refractivity contribution >= 4 is 17.1 Å². The number of aliphatic hydroxyl groups excluding tert-OH is 1. The molecule has 27 heavy (non-hydrogen) atoms. The monoisotopic (exact) mass is 373 g/mol. The van der Waals surface area contributed by atoms with Gasteiger partial charge in [-0.25, -0.2) is 9.78 Å². The first-order valence-electron chi connectivity index (χ1n) is 9.56. The highest BCUT2D eigenvalue weighted by Crippen LogP contribution is 2.18. The summed E-state index contributed by atoms with van der Waals surface area (Å²) in [4.78, 5) is 21.1. The van der Waals surface area contributed by atoms with Crippen LogP contribution in [0.3, 0.4) is 0 Å². The van der Waals surface area contributed by atoms with Gasteiger partial charge in [0.25, 0.3) is 0 Å². The summed E-state index contributed by atoms with van der Waals surface area (Å²) >= 11 is 0. The smallest absolute Gasteiger partial charge is 0.317 e. The number of nitrogens with one attached hydrogen (secondary N) is 1. The van der Waals surface area contributed by atoms with Crippen LogP contribution in [0.25, 0.3) is 11.0 Å². The molecule has 0 radical (unpaired) electrons. The van der Waals surface area contributed by atoms with E-state index in [1.807, 2.05) is 31.3 Å². The molecule has 2 fully saturated rings. The largest absolute Gasteiger partial charge is 0.390 e. The second-order valence-electron chi connectivity index (χ2n) is 7.25. The minimum absolute atomic E-state index is 0.000473. The number of amides is 2. The van der Waals surface area contributed by atoms with Crippen LogP contribution in [0.4, 0.5) is 4.79 Å². The number of carbonyl (C=O) groups excluding carboxylic acids is 1. The summed E-state index contributed by atoms with van der Waals surface area (Å²) in [6.07, 6.45) is 0.161. The van der Waals surface area contributed by atoms with Gasteiger partial charge in [0.15, 0.2) is 0 Å². The van der Waals surface area contributed by atoms with Crippen molar-refractivity contribution in [3.8, 4) is 0 Å². The average Bonchev–Trinajstić information content (AvgIpc) is 3.23. The number of hydrogen-bond acceptors (Lipinski definition) is 5. The first-order chi connectivity index (χ1) is 13.1. The van der Waals surface area contributed by atoms with Crippen molar-refractivity contribution in [2.75, 3.05) is 45.9 Å². The number of aliphatic hydroxyl groups is 1. The van der Waals surface area contributed by atoms with Crippen LogP contribution >= 0.6 is 0 Å². The number of morpholine rings is 1. The number of carbonyl (C=O) groups is 1. The van der Waals surface area contributed by atoms with Gasteiger partial charge in [-0.05, 0) is 12.1 Å². The Bertz CT molecular complexity index is 802. The predicted octanol–water partition coefficient (Wildman–Crippen LogP) is 0.203. The fourth-order valence-electron chi connectivity index (χ4n) is 4.02. The maximum Gasteiger partial charge on any atom is 0.317 e. The molecule has 4 rings (SSSR count). The maximum absolute atomic E-state index is 12.5.